The van der Waals surface area contributed by atoms with Crippen molar-refractivity contribution in [2.24, 2.45) is 0 Å². The molecule has 0 saturated carbocycles. The molecule has 0 aromatic carbocycles. The zero-order chi connectivity index (χ0) is 12.7. The van der Waals surface area contributed by atoms with Gasteiger partial charge in [-0.1, -0.05) is 35.8 Å². The Morgan fingerprint density at radius 3 is 2.53 bits per heavy atom. The fourth-order valence-corrected chi connectivity index (χ4v) is 2.70. The van der Waals surface area contributed by atoms with E-state index in [1.54, 1.807) is 0 Å². The molecular formula is C14H23BrN2. The van der Waals surface area contributed by atoms with Crippen LogP contribution in [0.15, 0.2) is 18.5 Å². The first-order valence-electron chi connectivity index (χ1n) is 6.41. The van der Waals surface area contributed by atoms with Crippen LogP contribution in [-0.2, 0) is 6.54 Å². The first kappa shape index (κ1) is 14.7. The maximum absolute atomic E-state index is 4.27. The van der Waals surface area contributed by atoms with Gasteiger partial charge in [-0.3, -0.25) is 9.88 Å². The third-order valence-electron chi connectivity index (χ3n) is 3.15. The molecule has 96 valence electrons. The van der Waals surface area contributed by atoms with Crippen molar-refractivity contribution in [1.82, 2.24) is 9.88 Å². The van der Waals surface area contributed by atoms with Gasteiger partial charge in [-0.2, -0.15) is 0 Å². The summed E-state index contributed by atoms with van der Waals surface area (Å²) in [5, 5.41) is 1.03. The summed E-state index contributed by atoms with van der Waals surface area (Å²) in [5.41, 5.74) is 2.56. The fraction of sp³-hybridized carbons (Fsp3) is 0.643. The highest BCUT2D eigenvalue weighted by molar-refractivity contribution is 9.09. The minimum absolute atomic E-state index is 0.674. The molecule has 0 aliphatic carbocycles. The average Bonchev–Trinajstić information content (AvgIpc) is 2.31. The molecule has 0 saturated heterocycles. The van der Waals surface area contributed by atoms with Crippen molar-refractivity contribution in [1.29, 1.82) is 0 Å². The summed E-state index contributed by atoms with van der Waals surface area (Å²) in [6.45, 7) is 8.74. The van der Waals surface area contributed by atoms with Gasteiger partial charge in [0.1, 0.15) is 0 Å². The summed E-state index contributed by atoms with van der Waals surface area (Å²) < 4.78 is 0. The molecule has 0 spiro atoms. The van der Waals surface area contributed by atoms with E-state index in [0.29, 0.717) is 6.04 Å². The zero-order valence-electron chi connectivity index (χ0n) is 11.1. The van der Waals surface area contributed by atoms with Crippen LogP contribution in [0.1, 0.15) is 37.8 Å². The van der Waals surface area contributed by atoms with Crippen LogP contribution >= 0.6 is 15.9 Å². The molecule has 0 aliphatic rings. The van der Waals surface area contributed by atoms with Crippen molar-refractivity contribution >= 4 is 15.9 Å². The van der Waals surface area contributed by atoms with Crippen LogP contribution in [0.4, 0.5) is 0 Å². The molecule has 0 fully saturated rings. The molecule has 0 atom stereocenters. The highest BCUT2D eigenvalue weighted by Crippen LogP contribution is 2.14. The minimum atomic E-state index is 0.674. The number of rotatable bonds is 7. The van der Waals surface area contributed by atoms with Crippen molar-refractivity contribution in [3.8, 4) is 0 Å². The molecule has 17 heavy (non-hydrogen) atoms. The molecule has 1 aromatic rings. The lowest BCUT2D eigenvalue weighted by atomic mass is 10.1. The first-order valence-corrected chi connectivity index (χ1v) is 7.53. The van der Waals surface area contributed by atoms with E-state index in [2.05, 4.69) is 52.7 Å². The van der Waals surface area contributed by atoms with E-state index in [1.165, 1.54) is 24.0 Å². The van der Waals surface area contributed by atoms with Crippen LogP contribution in [0.2, 0.25) is 0 Å². The molecule has 2 nitrogen and oxygen atoms in total. The predicted molar refractivity (Wildman–Crippen MR) is 77.5 cm³/mol. The molecule has 0 bridgehead atoms. The summed E-state index contributed by atoms with van der Waals surface area (Å²) in [6, 6.07) is 2.91. The van der Waals surface area contributed by atoms with Crippen molar-refractivity contribution < 1.29 is 0 Å². The van der Waals surface area contributed by atoms with Gasteiger partial charge in [-0.05, 0) is 30.9 Å². The molecule has 0 amide bonds. The van der Waals surface area contributed by atoms with E-state index >= 15 is 0 Å². The number of aromatic nitrogens is 1. The largest absolute Gasteiger partial charge is 0.295 e. The zero-order valence-corrected chi connectivity index (χ0v) is 12.7. The third kappa shape index (κ3) is 4.76. The highest BCUT2D eigenvalue weighted by Gasteiger charge is 2.14. The summed E-state index contributed by atoms with van der Waals surface area (Å²) in [5.74, 6) is 0. The normalized spacial score (nSPS) is 11.4. The van der Waals surface area contributed by atoms with Gasteiger partial charge in [0.2, 0.25) is 0 Å². The summed E-state index contributed by atoms with van der Waals surface area (Å²) >= 11 is 3.55. The van der Waals surface area contributed by atoms with Crippen molar-refractivity contribution in [3.63, 3.8) is 0 Å². The topological polar surface area (TPSA) is 16.1 Å². The van der Waals surface area contributed by atoms with E-state index in [4.69, 9.17) is 0 Å². The molecule has 0 unspecified atom stereocenters. The maximum Gasteiger partial charge on any atom is 0.0313 e. The van der Waals surface area contributed by atoms with Gasteiger partial charge >= 0.3 is 0 Å². The van der Waals surface area contributed by atoms with Crippen LogP contribution in [-0.4, -0.2) is 27.8 Å². The van der Waals surface area contributed by atoms with E-state index in [0.717, 1.165) is 18.4 Å². The first-order chi connectivity index (χ1) is 8.21. The minimum Gasteiger partial charge on any atom is -0.295 e. The van der Waals surface area contributed by atoms with Crippen LogP contribution in [0, 0.1) is 6.92 Å². The van der Waals surface area contributed by atoms with Crippen LogP contribution in [0.5, 0.6) is 0 Å². The van der Waals surface area contributed by atoms with E-state index in [9.17, 15) is 0 Å². The van der Waals surface area contributed by atoms with Gasteiger partial charge in [0.25, 0.3) is 0 Å². The second kappa shape index (κ2) is 7.83. The Kier molecular flexibility index (Phi) is 6.75. The van der Waals surface area contributed by atoms with Gasteiger partial charge in [0, 0.05) is 36.9 Å². The van der Waals surface area contributed by atoms with E-state index in [1.807, 2.05) is 12.4 Å². The maximum atomic E-state index is 4.27. The second-order valence-electron chi connectivity index (χ2n) is 4.50. The van der Waals surface area contributed by atoms with Gasteiger partial charge in [-0.15, -0.1) is 0 Å². The number of nitrogens with zero attached hydrogens (tertiary/aromatic N) is 2. The van der Waals surface area contributed by atoms with Crippen LogP contribution < -0.4 is 0 Å². The summed E-state index contributed by atoms with van der Waals surface area (Å²) in [7, 11) is 0. The van der Waals surface area contributed by atoms with Crippen molar-refractivity contribution in [2.45, 2.75) is 46.2 Å². The molecule has 1 rings (SSSR count). The number of pyridine rings is 1. The number of aryl methyl sites for hydroxylation is 1. The van der Waals surface area contributed by atoms with Gasteiger partial charge in [0.15, 0.2) is 0 Å². The quantitative estimate of drug-likeness (QED) is 0.712. The Morgan fingerprint density at radius 1 is 1.29 bits per heavy atom. The number of hydrogen-bond acceptors (Lipinski definition) is 2. The number of hydrogen-bond donors (Lipinski definition) is 0. The molecule has 1 heterocycles. The summed E-state index contributed by atoms with van der Waals surface area (Å²) in [4.78, 5) is 6.82. The van der Waals surface area contributed by atoms with Crippen LogP contribution in [0.3, 0.4) is 0 Å². The van der Waals surface area contributed by atoms with E-state index < -0.39 is 0 Å². The predicted octanol–water partition coefficient (Wildman–Crippen LogP) is 3.78. The molecular weight excluding hydrogens is 276 g/mol. The van der Waals surface area contributed by atoms with Gasteiger partial charge in [0.05, 0.1) is 0 Å². The molecule has 1 aromatic heterocycles. The Labute approximate surface area is 114 Å². The lowest BCUT2D eigenvalue weighted by Crippen LogP contribution is -2.35. The monoisotopic (exact) mass is 298 g/mol. The Balaban J connectivity index is 2.71. The van der Waals surface area contributed by atoms with Crippen LogP contribution in [0.25, 0.3) is 0 Å². The Bertz CT molecular complexity index is 324. The summed E-state index contributed by atoms with van der Waals surface area (Å²) in [6.07, 6.45) is 6.32. The fourth-order valence-electron chi connectivity index (χ4n) is 2.24. The van der Waals surface area contributed by atoms with Gasteiger partial charge in [-0.25, -0.2) is 0 Å². The average molecular weight is 299 g/mol. The Morgan fingerprint density at radius 2 is 2.00 bits per heavy atom. The lowest BCUT2D eigenvalue weighted by molar-refractivity contribution is 0.189. The SMILES string of the molecule is CCC(CC)N(CCBr)Cc1cncc(C)c1. The smallest absolute Gasteiger partial charge is 0.0313 e. The van der Waals surface area contributed by atoms with Crippen molar-refractivity contribution in [2.75, 3.05) is 11.9 Å². The van der Waals surface area contributed by atoms with Crippen molar-refractivity contribution in [3.05, 3.63) is 29.6 Å². The van der Waals surface area contributed by atoms with E-state index in [-0.39, 0.29) is 0 Å². The molecule has 0 N–H and O–H groups in total. The number of alkyl halides is 1. The lowest BCUT2D eigenvalue weighted by Gasteiger charge is -2.29. The second-order valence-corrected chi connectivity index (χ2v) is 5.29. The number of halogens is 1. The van der Waals surface area contributed by atoms with Gasteiger partial charge < -0.3 is 0 Å². The molecule has 0 radical (unpaired) electrons. The highest BCUT2D eigenvalue weighted by atomic mass is 79.9. The molecule has 3 heteroatoms. The third-order valence-corrected chi connectivity index (χ3v) is 3.50. The molecule has 0 aliphatic heterocycles. The standard InChI is InChI=1S/C14H23BrN2/c1-4-14(5-2)17(7-6-15)11-13-8-12(3)9-16-10-13/h8-10,14H,4-7,11H2,1-3H3. The Hall–Kier alpha value is -0.410.